The zero-order chi connectivity index (χ0) is 22.9. The molecule has 1 saturated carbocycles. The zero-order valence-corrected chi connectivity index (χ0v) is 18.5. The van der Waals surface area contributed by atoms with Crippen molar-refractivity contribution in [1.29, 1.82) is 0 Å². The summed E-state index contributed by atoms with van der Waals surface area (Å²) in [5, 5.41) is 51.1. The predicted octanol–water partition coefficient (Wildman–Crippen LogP) is 2.25. The second-order valence-electron chi connectivity index (χ2n) is 9.40. The van der Waals surface area contributed by atoms with E-state index in [0.717, 1.165) is 47.9 Å². The molecule has 5 N–H and O–H groups in total. The van der Waals surface area contributed by atoms with Crippen molar-refractivity contribution in [2.45, 2.75) is 81.6 Å². The minimum Gasteiger partial charge on any atom is -0.394 e. The van der Waals surface area contributed by atoms with Gasteiger partial charge in [-0.15, -0.1) is 0 Å². The van der Waals surface area contributed by atoms with Gasteiger partial charge in [-0.1, -0.05) is 61.7 Å². The van der Waals surface area contributed by atoms with Crippen LogP contribution in [0, 0.1) is 6.92 Å². The Bertz CT molecular complexity index is 903. The lowest BCUT2D eigenvalue weighted by Crippen LogP contribution is -2.55. The topological polar surface area (TPSA) is 110 Å². The van der Waals surface area contributed by atoms with Gasteiger partial charge < -0.3 is 30.3 Å². The standard InChI is InChI=1S/C26H34O6/c1-16-5-8-18(25-24(30)23(29)22(28)21(15-27)32-25)14-19(16)13-17-6-9-20(10-7-17)26(31)11-3-2-4-12-26/h5-10,14,21-25,27-31H,2-4,11-13,15H2,1H3/t21-,22-,23+,24?,25+/m1/s1. The average Bonchev–Trinajstić information content (AvgIpc) is 2.80. The summed E-state index contributed by atoms with van der Waals surface area (Å²) in [7, 11) is 0. The van der Waals surface area contributed by atoms with Crippen molar-refractivity contribution < 1.29 is 30.3 Å². The first-order chi connectivity index (χ1) is 15.3. The van der Waals surface area contributed by atoms with Gasteiger partial charge in [0.1, 0.15) is 30.5 Å². The van der Waals surface area contributed by atoms with Crippen LogP contribution in [0.2, 0.25) is 0 Å². The van der Waals surface area contributed by atoms with Gasteiger partial charge in [-0.05, 0) is 54.0 Å². The molecule has 1 aliphatic carbocycles. The molecule has 0 radical (unpaired) electrons. The average molecular weight is 443 g/mol. The summed E-state index contributed by atoms with van der Waals surface area (Å²) in [6.07, 6.45) is -0.223. The monoisotopic (exact) mass is 442 g/mol. The van der Waals surface area contributed by atoms with Crippen molar-refractivity contribution in [2.24, 2.45) is 0 Å². The lowest BCUT2D eigenvalue weighted by atomic mass is 9.79. The van der Waals surface area contributed by atoms with E-state index in [9.17, 15) is 25.5 Å². The second kappa shape index (κ2) is 9.59. The molecule has 2 aliphatic rings. The van der Waals surface area contributed by atoms with Crippen LogP contribution in [-0.2, 0) is 16.8 Å². The number of aryl methyl sites for hydroxylation is 1. The fraction of sp³-hybridized carbons (Fsp3) is 0.538. The molecule has 1 unspecified atom stereocenters. The van der Waals surface area contributed by atoms with Gasteiger partial charge in [-0.3, -0.25) is 0 Å². The van der Waals surface area contributed by atoms with Crippen molar-refractivity contribution in [2.75, 3.05) is 6.61 Å². The van der Waals surface area contributed by atoms with Crippen LogP contribution in [0.4, 0.5) is 0 Å². The van der Waals surface area contributed by atoms with Crippen LogP contribution >= 0.6 is 0 Å². The SMILES string of the molecule is Cc1ccc([C@@H]2O[C@H](CO)[C@@H](O)[C@H](O)C2O)cc1Cc1ccc(C2(O)CCCCC2)cc1. The van der Waals surface area contributed by atoms with Gasteiger partial charge in [0.25, 0.3) is 0 Å². The zero-order valence-electron chi connectivity index (χ0n) is 18.5. The number of benzene rings is 2. The molecule has 174 valence electrons. The summed E-state index contributed by atoms with van der Waals surface area (Å²) in [6, 6.07) is 13.9. The molecule has 6 heteroatoms. The largest absolute Gasteiger partial charge is 0.394 e. The van der Waals surface area contributed by atoms with Gasteiger partial charge in [0.05, 0.1) is 12.2 Å². The normalized spacial score (nSPS) is 30.2. The van der Waals surface area contributed by atoms with Crippen LogP contribution < -0.4 is 0 Å². The van der Waals surface area contributed by atoms with Gasteiger partial charge in [-0.25, -0.2) is 0 Å². The van der Waals surface area contributed by atoms with Crippen molar-refractivity contribution in [3.8, 4) is 0 Å². The molecule has 0 amide bonds. The van der Waals surface area contributed by atoms with E-state index in [-0.39, 0.29) is 0 Å². The fourth-order valence-electron chi connectivity index (χ4n) is 5.01. The van der Waals surface area contributed by atoms with Crippen LogP contribution in [0.15, 0.2) is 42.5 Å². The molecule has 32 heavy (non-hydrogen) atoms. The van der Waals surface area contributed by atoms with Gasteiger partial charge in [0.2, 0.25) is 0 Å². The summed E-state index contributed by atoms with van der Waals surface area (Å²) in [6.45, 7) is 1.57. The van der Waals surface area contributed by atoms with E-state index in [4.69, 9.17) is 4.74 Å². The Morgan fingerprint density at radius 1 is 0.906 bits per heavy atom. The van der Waals surface area contributed by atoms with Crippen LogP contribution in [0.25, 0.3) is 0 Å². The molecule has 1 saturated heterocycles. The highest BCUT2D eigenvalue weighted by Crippen LogP contribution is 2.37. The highest BCUT2D eigenvalue weighted by Gasteiger charge is 2.44. The molecule has 0 bridgehead atoms. The third-order valence-electron chi connectivity index (χ3n) is 7.16. The van der Waals surface area contributed by atoms with E-state index in [1.807, 2.05) is 37.3 Å². The minimum atomic E-state index is -1.39. The number of aliphatic hydroxyl groups excluding tert-OH is 4. The maximum absolute atomic E-state index is 11.0. The summed E-state index contributed by atoms with van der Waals surface area (Å²) < 4.78 is 5.72. The Morgan fingerprint density at radius 3 is 2.25 bits per heavy atom. The molecule has 2 aromatic rings. The van der Waals surface area contributed by atoms with Crippen molar-refractivity contribution in [1.82, 2.24) is 0 Å². The lowest BCUT2D eigenvalue weighted by molar-refractivity contribution is -0.231. The van der Waals surface area contributed by atoms with E-state index in [0.29, 0.717) is 12.0 Å². The Morgan fingerprint density at radius 2 is 1.59 bits per heavy atom. The first-order valence-electron chi connectivity index (χ1n) is 11.5. The van der Waals surface area contributed by atoms with Crippen molar-refractivity contribution in [3.05, 3.63) is 70.3 Å². The van der Waals surface area contributed by atoms with E-state index < -0.39 is 42.7 Å². The van der Waals surface area contributed by atoms with Gasteiger partial charge in [0, 0.05) is 0 Å². The molecule has 1 heterocycles. The molecule has 0 spiro atoms. The quantitative estimate of drug-likeness (QED) is 0.486. The van der Waals surface area contributed by atoms with Gasteiger partial charge >= 0.3 is 0 Å². The van der Waals surface area contributed by atoms with E-state index >= 15 is 0 Å². The number of aliphatic hydroxyl groups is 5. The summed E-state index contributed by atoms with van der Waals surface area (Å²) in [5.74, 6) is 0. The molecule has 4 rings (SSSR count). The van der Waals surface area contributed by atoms with Crippen LogP contribution in [0.3, 0.4) is 0 Å². The van der Waals surface area contributed by atoms with Gasteiger partial charge in [-0.2, -0.15) is 0 Å². The third kappa shape index (κ3) is 4.62. The Hall–Kier alpha value is -1.80. The van der Waals surface area contributed by atoms with E-state index in [2.05, 4.69) is 12.1 Å². The lowest BCUT2D eigenvalue weighted by Gasteiger charge is -2.40. The molecule has 0 aromatic heterocycles. The Balaban J connectivity index is 1.53. The van der Waals surface area contributed by atoms with Crippen LogP contribution in [0.1, 0.15) is 66.0 Å². The Labute approximate surface area is 189 Å². The maximum Gasteiger partial charge on any atom is 0.113 e. The minimum absolute atomic E-state index is 0.446. The second-order valence-corrected chi connectivity index (χ2v) is 9.40. The summed E-state index contributed by atoms with van der Waals surface area (Å²) in [4.78, 5) is 0. The molecule has 2 fully saturated rings. The number of ether oxygens (including phenoxy) is 1. The van der Waals surface area contributed by atoms with Crippen LogP contribution in [0.5, 0.6) is 0 Å². The molecular formula is C26H34O6. The predicted molar refractivity (Wildman–Crippen MR) is 120 cm³/mol. The molecule has 2 aromatic carbocycles. The smallest absolute Gasteiger partial charge is 0.113 e. The number of hydrogen-bond acceptors (Lipinski definition) is 6. The van der Waals surface area contributed by atoms with E-state index in [1.165, 1.54) is 6.42 Å². The molecule has 6 nitrogen and oxygen atoms in total. The number of hydrogen-bond donors (Lipinski definition) is 5. The first kappa shape index (κ1) is 23.4. The highest BCUT2D eigenvalue weighted by atomic mass is 16.5. The molecule has 1 aliphatic heterocycles. The van der Waals surface area contributed by atoms with Crippen LogP contribution in [-0.4, -0.2) is 56.6 Å². The maximum atomic E-state index is 11.0. The molecule has 5 atom stereocenters. The third-order valence-corrected chi connectivity index (χ3v) is 7.16. The van der Waals surface area contributed by atoms with Crippen molar-refractivity contribution >= 4 is 0 Å². The fourth-order valence-corrected chi connectivity index (χ4v) is 5.01. The molecular weight excluding hydrogens is 408 g/mol. The first-order valence-corrected chi connectivity index (χ1v) is 11.5. The van der Waals surface area contributed by atoms with Gasteiger partial charge in [0.15, 0.2) is 0 Å². The highest BCUT2D eigenvalue weighted by molar-refractivity contribution is 5.38. The summed E-state index contributed by atoms with van der Waals surface area (Å²) >= 11 is 0. The Kier molecular flexibility index (Phi) is 7.00. The van der Waals surface area contributed by atoms with E-state index in [1.54, 1.807) is 0 Å². The summed E-state index contributed by atoms with van der Waals surface area (Å²) in [5.41, 5.74) is 4.22. The number of rotatable bonds is 5. The van der Waals surface area contributed by atoms with Crippen molar-refractivity contribution in [3.63, 3.8) is 0 Å².